The molecule has 0 aliphatic carbocycles. The van der Waals surface area contributed by atoms with E-state index in [4.69, 9.17) is 23.2 Å². The summed E-state index contributed by atoms with van der Waals surface area (Å²) in [5.41, 5.74) is 0.866. The number of carbonyl (C=O) groups is 1. The number of urea groups is 1. The number of aliphatic hydroxyl groups is 1. The fourth-order valence-electron chi connectivity index (χ4n) is 1.75. The van der Waals surface area contributed by atoms with Crippen LogP contribution in [-0.2, 0) is 0 Å². The fraction of sp³-hybridized carbons (Fsp3) is 0.133. The maximum atomic E-state index is 12.8. The molecule has 0 aliphatic rings. The summed E-state index contributed by atoms with van der Waals surface area (Å²) in [5.74, 6) is -0.391. The van der Waals surface area contributed by atoms with Gasteiger partial charge >= 0.3 is 6.03 Å². The molecule has 116 valence electrons. The van der Waals surface area contributed by atoms with E-state index in [1.807, 2.05) is 0 Å². The lowest BCUT2D eigenvalue weighted by Gasteiger charge is -2.13. The number of benzene rings is 2. The lowest BCUT2D eigenvalue weighted by Crippen LogP contribution is -2.32. The molecule has 0 aromatic heterocycles. The van der Waals surface area contributed by atoms with Crippen LogP contribution in [0.2, 0.25) is 10.0 Å². The second-order valence-electron chi connectivity index (χ2n) is 4.53. The van der Waals surface area contributed by atoms with Gasteiger partial charge in [-0.3, -0.25) is 0 Å². The van der Waals surface area contributed by atoms with Crippen molar-refractivity contribution < 1.29 is 14.3 Å². The van der Waals surface area contributed by atoms with Gasteiger partial charge in [-0.15, -0.1) is 0 Å². The number of halogens is 3. The molecule has 2 rings (SSSR count). The van der Waals surface area contributed by atoms with Crippen LogP contribution >= 0.6 is 23.2 Å². The van der Waals surface area contributed by atoms with E-state index in [1.165, 1.54) is 30.3 Å². The third kappa shape index (κ3) is 4.59. The molecule has 0 unspecified atom stereocenters. The van der Waals surface area contributed by atoms with Crippen LogP contribution in [0.1, 0.15) is 11.7 Å². The highest BCUT2D eigenvalue weighted by molar-refractivity contribution is 6.35. The van der Waals surface area contributed by atoms with E-state index in [-0.39, 0.29) is 6.54 Å². The molecule has 22 heavy (non-hydrogen) atoms. The first-order chi connectivity index (χ1) is 10.5. The van der Waals surface area contributed by atoms with Crippen LogP contribution in [0.25, 0.3) is 0 Å². The first-order valence-electron chi connectivity index (χ1n) is 6.39. The predicted molar refractivity (Wildman–Crippen MR) is 84.8 cm³/mol. The second-order valence-corrected chi connectivity index (χ2v) is 5.37. The van der Waals surface area contributed by atoms with Crippen LogP contribution in [0.3, 0.4) is 0 Å². The van der Waals surface area contributed by atoms with Crippen LogP contribution < -0.4 is 10.6 Å². The molecular weight excluding hydrogens is 330 g/mol. The third-order valence-electron chi connectivity index (χ3n) is 2.89. The lowest BCUT2D eigenvalue weighted by molar-refractivity contribution is 0.175. The Kier molecular flexibility index (Phi) is 5.60. The summed E-state index contributed by atoms with van der Waals surface area (Å²) in [6, 6.07) is 9.53. The number of amides is 2. The molecule has 0 saturated carbocycles. The highest BCUT2D eigenvalue weighted by atomic mass is 35.5. The summed E-state index contributed by atoms with van der Waals surface area (Å²) in [6.45, 7) is -0.0321. The highest BCUT2D eigenvalue weighted by Crippen LogP contribution is 2.25. The zero-order chi connectivity index (χ0) is 16.1. The van der Waals surface area contributed by atoms with Gasteiger partial charge in [0.1, 0.15) is 5.82 Å². The Labute approximate surface area is 136 Å². The van der Waals surface area contributed by atoms with E-state index in [2.05, 4.69) is 10.6 Å². The van der Waals surface area contributed by atoms with E-state index in [0.29, 0.717) is 21.3 Å². The van der Waals surface area contributed by atoms with Crippen molar-refractivity contribution in [2.45, 2.75) is 6.10 Å². The molecule has 2 aromatic rings. The van der Waals surface area contributed by atoms with Gasteiger partial charge < -0.3 is 15.7 Å². The molecule has 0 heterocycles. The standard InChI is InChI=1S/C15H13Cl2FN2O2/c16-10-3-6-12(17)13(7-10)20-15(22)19-8-14(21)9-1-4-11(18)5-2-9/h1-7,14,21H,8H2,(H2,19,20,22)/t14-/m1/s1. The third-order valence-corrected chi connectivity index (χ3v) is 3.45. The van der Waals surface area contributed by atoms with Crippen LogP contribution in [0.15, 0.2) is 42.5 Å². The number of anilines is 1. The maximum Gasteiger partial charge on any atom is 0.319 e. The monoisotopic (exact) mass is 342 g/mol. The Morgan fingerprint density at radius 2 is 1.86 bits per heavy atom. The van der Waals surface area contributed by atoms with Crippen LogP contribution in [-0.4, -0.2) is 17.7 Å². The zero-order valence-corrected chi connectivity index (χ0v) is 12.8. The number of carbonyl (C=O) groups excluding carboxylic acids is 1. The molecule has 0 fully saturated rings. The minimum absolute atomic E-state index is 0.0321. The number of nitrogens with one attached hydrogen (secondary N) is 2. The van der Waals surface area contributed by atoms with E-state index in [9.17, 15) is 14.3 Å². The SMILES string of the molecule is O=C(NC[C@@H](O)c1ccc(F)cc1)Nc1cc(Cl)ccc1Cl. The fourth-order valence-corrected chi connectivity index (χ4v) is 2.09. The molecule has 0 aliphatic heterocycles. The molecule has 4 nitrogen and oxygen atoms in total. The summed E-state index contributed by atoms with van der Waals surface area (Å²) >= 11 is 11.7. The van der Waals surface area contributed by atoms with Crippen LogP contribution in [0, 0.1) is 5.82 Å². The zero-order valence-electron chi connectivity index (χ0n) is 11.3. The molecule has 0 spiro atoms. The Morgan fingerprint density at radius 3 is 2.55 bits per heavy atom. The van der Waals surface area contributed by atoms with Crippen molar-refractivity contribution in [2.24, 2.45) is 0 Å². The quantitative estimate of drug-likeness (QED) is 0.786. The van der Waals surface area contributed by atoms with Gasteiger partial charge in [-0.25, -0.2) is 9.18 Å². The van der Waals surface area contributed by atoms with Crippen molar-refractivity contribution in [3.8, 4) is 0 Å². The van der Waals surface area contributed by atoms with Crippen molar-refractivity contribution >= 4 is 34.9 Å². The number of hydrogen-bond donors (Lipinski definition) is 3. The molecule has 0 bridgehead atoms. The number of aliphatic hydroxyl groups excluding tert-OH is 1. The van der Waals surface area contributed by atoms with E-state index >= 15 is 0 Å². The Balaban J connectivity index is 1.89. The maximum absolute atomic E-state index is 12.8. The van der Waals surface area contributed by atoms with Gasteiger partial charge in [-0.2, -0.15) is 0 Å². The van der Waals surface area contributed by atoms with Gasteiger partial charge in [0.2, 0.25) is 0 Å². The van der Waals surface area contributed by atoms with Crippen molar-refractivity contribution in [3.05, 3.63) is 63.9 Å². The van der Waals surface area contributed by atoms with Crippen molar-refractivity contribution in [1.29, 1.82) is 0 Å². The lowest BCUT2D eigenvalue weighted by atomic mass is 10.1. The summed E-state index contributed by atoms with van der Waals surface area (Å²) < 4.78 is 12.8. The van der Waals surface area contributed by atoms with Crippen molar-refractivity contribution in [3.63, 3.8) is 0 Å². The van der Waals surface area contributed by atoms with Gasteiger partial charge in [0.25, 0.3) is 0 Å². The molecule has 2 amide bonds. The topological polar surface area (TPSA) is 61.4 Å². The van der Waals surface area contributed by atoms with Crippen molar-refractivity contribution in [2.75, 3.05) is 11.9 Å². The van der Waals surface area contributed by atoms with Gasteiger partial charge in [0.05, 0.1) is 16.8 Å². The van der Waals surface area contributed by atoms with Gasteiger partial charge in [0, 0.05) is 11.6 Å². The molecule has 0 saturated heterocycles. The molecule has 2 aromatic carbocycles. The molecule has 7 heteroatoms. The number of hydrogen-bond acceptors (Lipinski definition) is 2. The highest BCUT2D eigenvalue weighted by Gasteiger charge is 2.11. The molecular formula is C15H13Cl2FN2O2. The van der Waals surface area contributed by atoms with E-state index < -0.39 is 18.0 Å². The summed E-state index contributed by atoms with van der Waals surface area (Å²) in [4.78, 5) is 11.8. The number of rotatable bonds is 4. The normalized spacial score (nSPS) is 11.8. The average Bonchev–Trinajstić information content (AvgIpc) is 2.49. The van der Waals surface area contributed by atoms with Crippen LogP contribution in [0.4, 0.5) is 14.9 Å². The largest absolute Gasteiger partial charge is 0.387 e. The summed E-state index contributed by atoms with van der Waals surface area (Å²) in [5, 5.41) is 15.7. The second kappa shape index (κ2) is 7.45. The average molecular weight is 343 g/mol. The van der Waals surface area contributed by atoms with Gasteiger partial charge in [0.15, 0.2) is 0 Å². The molecule has 3 N–H and O–H groups in total. The smallest absolute Gasteiger partial charge is 0.319 e. The summed E-state index contributed by atoms with van der Waals surface area (Å²) in [6.07, 6.45) is -0.943. The van der Waals surface area contributed by atoms with E-state index in [1.54, 1.807) is 12.1 Å². The minimum atomic E-state index is -0.943. The Morgan fingerprint density at radius 1 is 1.18 bits per heavy atom. The molecule has 1 atom stereocenters. The van der Waals surface area contributed by atoms with E-state index in [0.717, 1.165) is 0 Å². The Hall–Kier alpha value is -1.82. The van der Waals surface area contributed by atoms with Gasteiger partial charge in [-0.05, 0) is 35.9 Å². The Bertz CT molecular complexity index is 665. The minimum Gasteiger partial charge on any atom is -0.387 e. The summed E-state index contributed by atoms with van der Waals surface area (Å²) in [7, 11) is 0. The first kappa shape index (κ1) is 16.5. The van der Waals surface area contributed by atoms with Crippen LogP contribution in [0.5, 0.6) is 0 Å². The van der Waals surface area contributed by atoms with Gasteiger partial charge in [-0.1, -0.05) is 35.3 Å². The molecule has 0 radical (unpaired) electrons. The van der Waals surface area contributed by atoms with Crippen molar-refractivity contribution in [1.82, 2.24) is 5.32 Å². The first-order valence-corrected chi connectivity index (χ1v) is 7.15. The predicted octanol–water partition coefficient (Wildman–Crippen LogP) is 3.99.